The van der Waals surface area contributed by atoms with E-state index in [-0.39, 0.29) is 12.1 Å². The highest BCUT2D eigenvalue weighted by molar-refractivity contribution is 5.10. The van der Waals surface area contributed by atoms with E-state index in [2.05, 4.69) is 38.8 Å². The van der Waals surface area contributed by atoms with E-state index >= 15 is 0 Å². The highest BCUT2D eigenvalue weighted by Gasteiger charge is 2.23. The summed E-state index contributed by atoms with van der Waals surface area (Å²) in [5.74, 6) is 0.563. The Balaban J connectivity index is 2.71. The molecule has 0 amide bonds. The van der Waals surface area contributed by atoms with Crippen LogP contribution in [0.5, 0.6) is 0 Å². The molecule has 0 spiro atoms. The third kappa shape index (κ3) is 2.55. The molecule has 0 saturated heterocycles. The zero-order chi connectivity index (χ0) is 10.0. The van der Waals surface area contributed by atoms with Crippen LogP contribution in [-0.2, 0) is 0 Å². The van der Waals surface area contributed by atoms with Gasteiger partial charge in [-0.3, -0.25) is 4.90 Å². The minimum Gasteiger partial charge on any atom is -0.391 e. The molecule has 0 aromatic heterocycles. The van der Waals surface area contributed by atoms with Crippen molar-refractivity contribution >= 4 is 0 Å². The smallest absolute Gasteiger partial charge is 0.0729 e. The van der Waals surface area contributed by atoms with Gasteiger partial charge in [0.25, 0.3) is 0 Å². The zero-order valence-electron chi connectivity index (χ0n) is 9.12. The second-order valence-electron chi connectivity index (χ2n) is 4.39. The zero-order valence-corrected chi connectivity index (χ0v) is 9.12. The molecule has 0 aromatic carbocycles. The molecular formula is C11H21NO. The fourth-order valence-electron chi connectivity index (χ4n) is 1.69. The van der Waals surface area contributed by atoms with Crippen LogP contribution >= 0.6 is 0 Å². The van der Waals surface area contributed by atoms with Gasteiger partial charge >= 0.3 is 0 Å². The second-order valence-corrected chi connectivity index (χ2v) is 4.39. The molecule has 2 nitrogen and oxygen atoms in total. The standard InChI is InChI=1S/C11H21NO/c1-8(2)10-5-6-12(4)9(3)11(13)7-10/h5,8-9,11,13H,6-7H2,1-4H3/t9-,11-/m0/s1. The van der Waals surface area contributed by atoms with Crippen LogP contribution in [0.4, 0.5) is 0 Å². The third-order valence-corrected chi connectivity index (χ3v) is 3.08. The number of aliphatic hydroxyl groups excluding tert-OH is 1. The van der Waals surface area contributed by atoms with Gasteiger partial charge in [-0.05, 0) is 26.3 Å². The van der Waals surface area contributed by atoms with Crippen LogP contribution in [0.2, 0.25) is 0 Å². The Morgan fingerprint density at radius 3 is 2.69 bits per heavy atom. The van der Waals surface area contributed by atoms with Crippen molar-refractivity contribution < 1.29 is 5.11 Å². The average Bonchev–Trinajstić information content (AvgIpc) is 2.19. The third-order valence-electron chi connectivity index (χ3n) is 3.08. The van der Waals surface area contributed by atoms with Crippen molar-refractivity contribution in [3.63, 3.8) is 0 Å². The molecule has 1 aliphatic heterocycles. The molecule has 1 rings (SSSR count). The number of likely N-dealkylation sites (N-methyl/N-ethyl adjacent to an activating group) is 1. The summed E-state index contributed by atoms with van der Waals surface area (Å²) in [4.78, 5) is 2.19. The van der Waals surface area contributed by atoms with E-state index in [1.165, 1.54) is 5.57 Å². The first-order chi connectivity index (χ1) is 6.02. The lowest BCUT2D eigenvalue weighted by molar-refractivity contribution is 0.0830. The molecule has 0 unspecified atom stereocenters. The maximum absolute atomic E-state index is 9.86. The topological polar surface area (TPSA) is 23.5 Å². The Morgan fingerprint density at radius 2 is 2.15 bits per heavy atom. The van der Waals surface area contributed by atoms with Gasteiger partial charge in [-0.25, -0.2) is 0 Å². The van der Waals surface area contributed by atoms with E-state index in [0.717, 1.165) is 13.0 Å². The number of rotatable bonds is 1. The van der Waals surface area contributed by atoms with Gasteiger partial charge in [-0.1, -0.05) is 25.5 Å². The predicted molar refractivity (Wildman–Crippen MR) is 55.6 cm³/mol. The number of hydrogen-bond acceptors (Lipinski definition) is 2. The van der Waals surface area contributed by atoms with Gasteiger partial charge in [0, 0.05) is 12.6 Å². The molecule has 1 heterocycles. The van der Waals surface area contributed by atoms with Crippen LogP contribution in [0.1, 0.15) is 27.2 Å². The van der Waals surface area contributed by atoms with E-state index < -0.39 is 0 Å². The van der Waals surface area contributed by atoms with Crippen molar-refractivity contribution in [1.82, 2.24) is 4.90 Å². The molecule has 1 N–H and O–H groups in total. The molecular weight excluding hydrogens is 162 g/mol. The van der Waals surface area contributed by atoms with Crippen LogP contribution in [0.3, 0.4) is 0 Å². The van der Waals surface area contributed by atoms with Crippen molar-refractivity contribution in [2.75, 3.05) is 13.6 Å². The Hall–Kier alpha value is -0.340. The summed E-state index contributed by atoms with van der Waals surface area (Å²) >= 11 is 0. The van der Waals surface area contributed by atoms with E-state index in [0.29, 0.717) is 5.92 Å². The summed E-state index contributed by atoms with van der Waals surface area (Å²) in [5, 5.41) is 9.86. The quantitative estimate of drug-likeness (QED) is 0.625. The van der Waals surface area contributed by atoms with Crippen molar-refractivity contribution in [2.45, 2.75) is 39.3 Å². The summed E-state index contributed by atoms with van der Waals surface area (Å²) in [5.41, 5.74) is 1.39. The average molecular weight is 183 g/mol. The van der Waals surface area contributed by atoms with Crippen LogP contribution < -0.4 is 0 Å². The van der Waals surface area contributed by atoms with Gasteiger partial charge in [0.2, 0.25) is 0 Å². The Kier molecular flexibility index (Phi) is 3.51. The Morgan fingerprint density at radius 1 is 1.54 bits per heavy atom. The van der Waals surface area contributed by atoms with Crippen LogP contribution in [0.25, 0.3) is 0 Å². The maximum atomic E-state index is 9.86. The Bertz CT molecular complexity index is 198. The van der Waals surface area contributed by atoms with E-state index in [4.69, 9.17) is 0 Å². The number of nitrogens with zero attached hydrogens (tertiary/aromatic N) is 1. The molecule has 0 bridgehead atoms. The fraction of sp³-hybridized carbons (Fsp3) is 0.818. The molecule has 2 atom stereocenters. The van der Waals surface area contributed by atoms with Crippen LogP contribution in [0.15, 0.2) is 11.6 Å². The monoisotopic (exact) mass is 183 g/mol. The summed E-state index contributed by atoms with van der Waals surface area (Å²) in [6.45, 7) is 7.43. The lowest BCUT2D eigenvalue weighted by Crippen LogP contribution is -2.37. The van der Waals surface area contributed by atoms with Crippen LogP contribution in [-0.4, -0.2) is 35.7 Å². The molecule has 0 aliphatic carbocycles. The van der Waals surface area contributed by atoms with Gasteiger partial charge in [-0.15, -0.1) is 0 Å². The van der Waals surface area contributed by atoms with Gasteiger partial charge in [0.1, 0.15) is 0 Å². The summed E-state index contributed by atoms with van der Waals surface area (Å²) in [6, 6.07) is 0.271. The molecule has 0 saturated carbocycles. The van der Waals surface area contributed by atoms with Gasteiger partial charge in [0.05, 0.1) is 6.10 Å². The summed E-state index contributed by atoms with van der Waals surface area (Å²) in [6.07, 6.45) is 2.89. The minimum absolute atomic E-state index is 0.207. The van der Waals surface area contributed by atoms with Crippen molar-refractivity contribution in [2.24, 2.45) is 5.92 Å². The van der Waals surface area contributed by atoms with E-state index in [1.807, 2.05) is 0 Å². The highest BCUT2D eigenvalue weighted by Crippen LogP contribution is 2.22. The van der Waals surface area contributed by atoms with E-state index in [9.17, 15) is 5.11 Å². The second kappa shape index (κ2) is 4.25. The molecule has 0 radical (unpaired) electrons. The largest absolute Gasteiger partial charge is 0.391 e. The number of hydrogen-bond donors (Lipinski definition) is 1. The summed E-state index contributed by atoms with van der Waals surface area (Å²) < 4.78 is 0. The fourth-order valence-corrected chi connectivity index (χ4v) is 1.69. The highest BCUT2D eigenvalue weighted by atomic mass is 16.3. The molecule has 2 heteroatoms. The first-order valence-electron chi connectivity index (χ1n) is 5.09. The van der Waals surface area contributed by atoms with Gasteiger partial charge in [-0.2, -0.15) is 0 Å². The van der Waals surface area contributed by atoms with Crippen molar-refractivity contribution in [3.05, 3.63) is 11.6 Å². The predicted octanol–water partition coefficient (Wildman–Crippen LogP) is 1.65. The summed E-state index contributed by atoms with van der Waals surface area (Å²) in [7, 11) is 2.06. The molecule has 76 valence electrons. The minimum atomic E-state index is -0.207. The maximum Gasteiger partial charge on any atom is 0.0729 e. The first-order valence-corrected chi connectivity index (χ1v) is 5.09. The Labute approximate surface area is 81.2 Å². The van der Waals surface area contributed by atoms with Gasteiger partial charge < -0.3 is 5.11 Å². The van der Waals surface area contributed by atoms with E-state index in [1.54, 1.807) is 0 Å². The van der Waals surface area contributed by atoms with Crippen molar-refractivity contribution in [3.8, 4) is 0 Å². The molecule has 1 aliphatic rings. The first kappa shape index (κ1) is 10.7. The molecule has 0 fully saturated rings. The number of aliphatic hydroxyl groups is 1. The van der Waals surface area contributed by atoms with Gasteiger partial charge in [0.15, 0.2) is 0 Å². The molecule has 13 heavy (non-hydrogen) atoms. The lowest BCUT2D eigenvalue weighted by Gasteiger charge is -2.25. The lowest BCUT2D eigenvalue weighted by atomic mass is 9.96. The SMILES string of the molecule is CC(C)C1=CCN(C)[C@@H](C)[C@@H](O)C1. The van der Waals surface area contributed by atoms with Crippen LogP contribution in [0, 0.1) is 5.92 Å². The van der Waals surface area contributed by atoms with Crippen molar-refractivity contribution in [1.29, 1.82) is 0 Å². The normalized spacial score (nSPS) is 31.7. The molecule has 0 aromatic rings.